The molecule has 2 aliphatic rings. The summed E-state index contributed by atoms with van der Waals surface area (Å²) in [5, 5.41) is 0. The highest BCUT2D eigenvalue weighted by Gasteiger charge is 2.28. The maximum Gasteiger partial charge on any atom is 0.133 e. The zero-order chi connectivity index (χ0) is 11.0. The lowest BCUT2D eigenvalue weighted by atomic mass is 10.1. The van der Waals surface area contributed by atoms with Crippen LogP contribution in [0, 0.1) is 5.92 Å². The van der Waals surface area contributed by atoms with E-state index in [0.29, 0.717) is 5.92 Å². The molecule has 0 aromatic carbocycles. The van der Waals surface area contributed by atoms with E-state index in [0.717, 1.165) is 31.2 Å². The van der Waals surface area contributed by atoms with Gasteiger partial charge in [0.1, 0.15) is 11.6 Å². The summed E-state index contributed by atoms with van der Waals surface area (Å²) in [5.41, 5.74) is 0. The van der Waals surface area contributed by atoms with Gasteiger partial charge in [0, 0.05) is 31.1 Å². The van der Waals surface area contributed by atoms with E-state index in [-0.39, 0.29) is 12.6 Å². The summed E-state index contributed by atoms with van der Waals surface area (Å²) in [6.45, 7) is 1.52. The van der Waals surface area contributed by atoms with Gasteiger partial charge in [0.2, 0.25) is 0 Å². The van der Waals surface area contributed by atoms with Crippen LogP contribution in [0.3, 0.4) is 0 Å². The highest BCUT2D eigenvalue weighted by molar-refractivity contribution is 5.39. The van der Waals surface area contributed by atoms with Crippen molar-refractivity contribution in [2.45, 2.75) is 25.2 Å². The number of alkyl halides is 1. The van der Waals surface area contributed by atoms with E-state index in [4.69, 9.17) is 0 Å². The first kappa shape index (κ1) is 10.00. The van der Waals surface area contributed by atoms with E-state index >= 15 is 0 Å². The quantitative estimate of drug-likeness (QED) is 0.783. The Morgan fingerprint density at radius 2 is 2.25 bits per heavy atom. The normalized spacial score (nSPS) is 25.1. The van der Waals surface area contributed by atoms with Crippen molar-refractivity contribution in [1.29, 1.82) is 0 Å². The van der Waals surface area contributed by atoms with Gasteiger partial charge >= 0.3 is 0 Å². The van der Waals surface area contributed by atoms with Gasteiger partial charge in [0.15, 0.2) is 0 Å². The third-order valence-electron chi connectivity index (χ3n) is 3.43. The van der Waals surface area contributed by atoms with E-state index in [9.17, 15) is 4.39 Å². The molecule has 1 aliphatic carbocycles. The Morgan fingerprint density at radius 1 is 1.38 bits per heavy atom. The molecule has 16 heavy (non-hydrogen) atoms. The average Bonchev–Trinajstić information content (AvgIpc) is 3.07. The van der Waals surface area contributed by atoms with Crippen molar-refractivity contribution in [3.63, 3.8) is 0 Å². The van der Waals surface area contributed by atoms with Crippen molar-refractivity contribution < 1.29 is 4.39 Å². The molecular formula is C12H16FN3. The first-order valence-electron chi connectivity index (χ1n) is 6.00. The Hall–Kier alpha value is -1.19. The van der Waals surface area contributed by atoms with Gasteiger partial charge in [-0.05, 0) is 25.3 Å². The zero-order valence-corrected chi connectivity index (χ0v) is 9.27. The third kappa shape index (κ3) is 1.88. The maximum absolute atomic E-state index is 12.5. The lowest BCUT2D eigenvalue weighted by Gasteiger charge is -2.17. The fourth-order valence-corrected chi connectivity index (χ4v) is 2.24. The summed E-state index contributed by atoms with van der Waals surface area (Å²) >= 11 is 0. The van der Waals surface area contributed by atoms with E-state index < -0.39 is 0 Å². The molecule has 1 aromatic heterocycles. The minimum atomic E-state index is -0.211. The second-order valence-corrected chi connectivity index (χ2v) is 4.80. The number of hydrogen-bond acceptors (Lipinski definition) is 3. The molecule has 0 N–H and O–H groups in total. The van der Waals surface area contributed by atoms with Gasteiger partial charge < -0.3 is 4.90 Å². The van der Waals surface area contributed by atoms with Crippen molar-refractivity contribution in [3.05, 3.63) is 18.1 Å². The molecule has 0 radical (unpaired) electrons. The van der Waals surface area contributed by atoms with Gasteiger partial charge in [-0.3, -0.25) is 4.39 Å². The molecular weight excluding hydrogens is 205 g/mol. The van der Waals surface area contributed by atoms with E-state index in [1.807, 2.05) is 12.3 Å². The highest BCUT2D eigenvalue weighted by Crippen LogP contribution is 2.38. The minimum Gasteiger partial charge on any atom is -0.356 e. The molecule has 2 heterocycles. The Kier molecular flexibility index (Phi) is 2.50. The second kappa shape index (κ2) is 4.00. The number of aromatic nitrogens is 2. The lowest BCUT2D eigenvalue weighted by Crippen LogP contribution is -2.21. The van der Waals surface area contributed by atoms with Crippen LogP contribution in [0.5, 0.6) is 0 Å². The number of halogens is 1. The molecule has 1 aliphatic heterocycles. The summed E-state index contributed by atoms with van der Waals surface area (Å²) in [6.07, 6.45) is 5.21. The van der Waals surface area contributed by atoms with E-state index in [1.165, 1.54) is 12.8 Å². The van der Waals surface area contributed by atoms with Gasteiger partial charge in [-0.1, -0.05) is 0 Å². The molecule has 0 amide bonds. The zero-order valence-electron chi connectivity index (χ0n) is 9.27. The Labute approximate surface area is 94.7 Å². The molecule has 0 bridgehead atoms. The van der Waals surface area contributed by atoms with Crippen molar-refractivity contribution in [1.82, 2.24) is 9.97 Å². The lowest BCUT2D eigenvalue weighted by molar-refractivity contribution is 0.384. The van der Waals surface area contributed by atoms with E-state index in [2.05, 4.69) is 14.9 Å². The van der Waals surface area contributed by atoms with Crippen LogP contribution in [0.25, 0.3) is 0 Å². The van der Waals surface area contributed by atoms with Crippen LogP contribution < -0.4 is 4.90 Å². The SMILES string of the molecule is FCC1CCN(c2ccnc(C3CC3)n2)C1. The minimum absolute atomic E-state index is 0.194. The van der Waals surface area contributed by atoms with Gasteiger partial charge in [-0.15, -0.1) is 0 Å². The number of rotatable bonds is 3. The molecule has 2 fully saturated rings. The summed E-state index contributed by atoms with van der Waals surface area (Å²) in [6, 6.07) is 1.94. The van der Waals surface area contributed by atoms with Crippen LogP contribution in [0.15, 0.2) is 12.3 Å². The standard InChI is InChI=1S/C12H16FN3/c13-7-9-4-6-16(8-9)11-3-5-14-12(15-11)10-1-2-10/h3,5,9-10H,1-2,4,6-8H2. The molecule has 1 saturated heterocycles. The summed E-state index contributed by atoms with van der Waals surface area (Å²) in [4.78, 5) is 11.1. The van der Waals surface area contributed by atoms with Gasteiger partial charge in [-0.25, -0.2) is 9.97 Å². The highest BCUT2D eigenvalue weighted by atomic mass is 19.1. The summed E-state index contributed by atoms with van der Waals surface area (Å²) in [5.74, 6) is 2.73. The van der Waals surface area contributed by atoms with Crippen molar-refractivity contribution in [2.24, 2.45) is 5.92 Å². The van der Waals surface area contributed by atoms with Gasteiger partial charge in [-0.2, -0.15) is 0 Å². The van der Waals surface area contributed by atoms with Crippen LogP contribution in [0.4, 0.5) is 10.2 Å². The van der Waals surface area contributed by atoms with Crippen molar-refractivity contribution >= 4 is 5.82 Å². The average molecular weight is 221 g/mol. The Morgan fingerprint density at radius 3 is 2.94 bits per heavy atom. The fourth-order valence-electron chi connectivity index (χ4n) is 2.24. The van der Waals surface area contributed by atoms with Crippen LogP contribution >= 0.6 is 0 Å². The molecule has 0 spiro atoms. The van der Waals surface area contributed by atoms with Gasteiger partial charge in [0.25, 0.3) is 0 Å². The van der Waals surface area contributed by atoms with Crippen LogP contribution in [0.2, 0.25) is 0 Å². The first-order valence-corrected chi connectivity index (χ1v) is 6.00. The van der Waals surface area contributed by atoms with Gasteiger partial charge in [0.05, 0.1) is 6.67 Å². The Bertz CT molecular complexity index is 378. The molecule has 1 aromatic rings. The second-order valence-electron chi connectivity index (χ2n) is 4.80. The number of anilines is 1. The smallest absolute Gasteiger partial charge is 0.133 e. The monoisotopic (exact) mass is 221 g/mol. The molecule has 4 heteroatoms. The molecule has 1 unspecified atom stereocenters. The number of nitrogens with zero attached hydrogens (tertiary/aromatic N) is 3. The summed E-state index contributed by atoms with van der Waals surface area (Å²) in [7, 11) is 0. The number of hydrogen-bond donors (Lipinski definition) is 0. The largest absolute Gasteiger partial charge is 0.356 e. The Balaban J connectivity index is 1.76. The predicted molar refractivity (Wildman–Crippen MR) is 60.3 cm³/mol. The molecule has 3 nitrogen and oxygen atoms in total. The van der Waals surface area contributed by atoms with Crippen molar-refractivity contribution in [2.75, 3.05) is 24.7 Å². The summed E-state index contributed by atoms with van der Waals surface area (Å²) < 4.78 is 12.5. The molecule has 1 atom stereocenters. The molecule has 3 rings (SSSR count). The first-order chi connectivity index (χ1) is 7.86. The fraction of sp³-hybridized carbons (Fsp3) is 0.667. The van der Waals surface area contributed by atoms with Crippen LogP contribution in [0.1, 0.15) is 31.0 Å². The van der Waals surface area contributed by atoms with Crippen LogP contribution in [-0.2, 0) is 0 Å². The predicted octanol–water partition coefficient (Wildman–Crippen LogP) is 2.15. The third-order valence-corrected chi connectivity index (χ3v) is 3.43. The topological polar surface area (TPSA) is 29.0 Å². The molecule has 86 valence electrons. The van der Waals surface area contributed by atoms with E-state index in [1.54, 1.807) is 0 Å². The van der Waals surface area contributed by atoms with Crippen molar-refractivity contribution in [3.8, 4) is 0 Å². The van der Waals surface area contributed by atoms with Crippen LogP contribution in [-0.4, -0.2) is 29.7 Å². The maximum atomic E-state index is 12.5. The molecule has 1 saturated carbocycles.